The van der Waals surface area contributed by atoms with Crippen LogP contribution >= 0.6 is 0 Å². The molecule has 1 aliphatic heterocycles. The zero-order chi connectivity index (χ0) is 21.0. The third kappa shape index (κ3) is 6.25. The lowest BCUT2D eigenvalue weighted by atomic mass is 9.92. The van der Waals surface area contributed by atoms with Gasteiger partial charge in [0, 0.05) is 44.7 Å². The molecule has 160 valence electrons. The van der Waals surface area contributed by atoms with Gasteiger partial charge >= 0.3 is 12.1 Å². The van der Waals surface area contributed by atoms with E-state index >= 15 is 0 Å². The number of carboxylic acids is 1. The smallest absolute Gasteiger partial charge is 0.410 e. The fraction of sp³-hybridized carbons (Fsp3) is 0.619. The van der Waals surface area contributed by atoms with Crippen LogP contribution in [0.15, 0.2) is 24.3 Å². The molecule has 1 saturated heterocycles. The lowest BCUT2D eigenvalue weighted by molar-refractivity contribution is -0.149. The average molecular weight is 406 g/mol. The normalized spacial score (nSPS) is 22.0. The number of nitrogens with zero attached hydrogens (tertiary/aromatic N) is 2. The van der Waals surface area contributed by atoms with Crippen LogP contribution in [0.1, 0.15) is 33.6 Å². The Morgan fingerprint density at radius 2 is 1.66 bits per heavy atom. The molecule has 0 unspecified atom stereocenters. The van der Waals surface area contributed by atoms with Crippen LogP contribution in [0.25, 0.3) is 0 Å². The number of hydrogen-bond acceptors (Lipinski definition) is 6. The van der Waals surface area contributed by atoms with Crippen LogP contribution in [0.3, 0.4) is 0 Å². The van der Waals surface area contributed by atoms with Crippen molar-refractivity contribution in [2.24, 2.45) is 0 Å². The van der Waals surface area contributed by atoms with E-state index in [4.69, 9.17) is 19.3 Å². The second-order valence-corrected chi connectivity index (χ2v) is 8.49. The maximum absolute atomic E-state index is 12.2. The van der Waals surface area contributed by atoms with E-state index in [-0.39, 0.29) is 24.9 Å². The van der Waals surface area contributed by atoms with Crippen LogP contribution in [0.4, 0.5) is 10.5 Å². The van der Waals surface area contributed by atoms with Gasteiger partial charge in [0.25, 0.3) is 0 Å². The zero-order valence-corrected chi connectivity index (χ0v) is 17.3. The van der Waals surface area contributed by atoms with Crippen molar-refractivity contribution in [1.29, 1.82) is 0 Å². The molecule has 1 amide bonds. The Kier molecular flexibility index (Phi) is 6.52. The molecule has 8 heteroatoms. The number of amides is 1. The van der Waals surface area contributed by atoms with Crippen LogP contribution in [0.5, 0.6) is 5.75 Å². The SMILES string of the molecule is CC(C)(C)OC(=O)N1CCN(c2ccc(O[C@H]3C[C@H](OCC(=O)O)C3)cc2)CC1. The number of carbonyl (C=O) groups is 2. The molecule has 1 aliphatic carbocycles. The fourth-order valence-corrected chi connectivity index (χ4v) is 3.34. The van der Waals surface area contributed by atoms with Gasteiger partial charge in [-0.05, 0) is 45.0 Å². The number of carboxylic acid groups (broad SMARTS) is 1. The van der Waals surface area contributed by atoms with Crippen LogP contribution in [-0.4, -0.2) is 72.7 Å². The standard InChI is InChI=1S/C21H30N2O6/c1-21(2,3)29-20(26)23-10-8-22(9-11-23)15-4-6-16(7-5-15)28-18-12-17(13-18)27-14-19(24)25/h4-7,17-18H,8-14H2,1-3H3,(H,24,25)/t17-,18-. The number of benzene rings is 1. The monoisotopic (exact) mass is 406 g/mol. The lowest BCUT2D eigenvalue weighted by Crippen LogP contribution is -2.50. The van der Waals surface area contributed by atoms with E-state index in [2.05, 4.69) is 4.90 Å². The summed E-state index contributed by atoms with van der Waals surface area (Å²) in [5, 5.41) is 8.62. The highest BCUT2D eigenvalue weighted by Gasteiger charge is 2.32. The predicted molar refractivity (Wildman–Crippen MR) is 107 cm³/mol. The Labute approximate surface area is 171 Å². The van der Waals surface area contributed by atoms with Crippen molar-refractivity contribution in [1.82, 2.24) is 4.90 Å². The lowest BCUT2D eigenvalue weighted by Gasteiger charge is -2.37. The van der Waals surface area contributed by atoms with Gasteiger partial charge < -0.3 is 29.1 Å². The molecule has 0 atom stereocenters. The van der Waals surface area contributed by atoms with Gasteiger partial charge in [0.15, 0.2) is 0 Å². The van der Waals surface area contributed by atoms with Crippen molar-refractivity contribution in [2.75, 3.05) is 37.7 Å². The third-order valence-corrected chi connectivity index (χ3v) is 4.93. The summed E-state index contributed by atoms with van der Waals surface area (Å²) in [7, 11) is 0. The van der Waals surface area contributed by atoms with E-state index in [0.29, 0.717) is 25.9 Å². The fourth-order valence-electron chi connectivity index (χ4n) is 3.34. The van der Waals surface area contributed by atoms with Gasteiger partial charge in [-0.15, -0.1) is 0 Å². The molecule has 1 saturated carbocycles. The summed E-state index contributed by atoms with van der Waals surface area (Å²) < 4.78 is 16.6. The van der Waals surface area contributed by atoms with Gasteiger partial charge in [-0.3, -0.25) is 0 Å². The van der Waals surface area contributed by atoms with E-state index in [1.807, 2.05) is 45.0 Å². The van der Waals surface area contributed by atoms with Crippen molar-refractivity contribution in [2.45, 2.75) is 51.4 Å². The van der Waals surface area contributed by atoms with E-state index in [0.717, 1.165) is 24.5 Å². The van der Waals surface area contributed by atoms with E-state index < -0.39 is 11.6 Å². The number of anilines is 1. The molecule has 29 heavy (non-hydrogen) atoms. The van der Waals surface area contributed by atoms with Gasteiger partial charge in [-0.1, -0.05) is 0 Å². The molecular formula is C21H30N2O6. The molecule has 1 aromatic carbocycles. The quantitative estimate of drug-likeness (QED) is 0.777. The first kappa shape index (κ1) is 21.2. The van der Waals surface area contributed by atoms with Gasteiger partial charge in [0.1, 0.15) is 24.1 Å². The summed E-state index contributed by atoms with van der Waals surface area (Å²) >= 11 is 0. The summed E-state index contributed by atoms with van der Waals surface area (Å²) in [5.41, 5.74) is 0.616. The van der Waals surface area contributed by atoms with Gasteiger partial charge in [-0.2, -0.15) is 0 Å². The predicted octanol–water partition coefficient (Wildman–Crippen LogP) is 2.75. The highest BCUT2D eigenvalue weighted by Crippen LogP contribution is 2.29. The van der Waals surface area contributed by atoms with E-state index in [9.17, 15) is 9.59 Å². The second-order valence-electron chi connectivity index (χ2n) is 8.49. The van der Waals surface area contributed by atoms with E-state index in [1.165, 1.54) is 0 Å². The van der Waals surface area contributed by atoms with Crippen molar-refractivity contribution >= 4 is 17.7 Å². The highest BCUT2D eigenvalue weighted by molar-refractivity contribution is 5.69. The molecule has 1 heterocycles. The average Bonchev–Trinajstić information content (AvgIpc) is 2.62. The van der Waals surface area contributed by atoms with Crippen LogP contribution < -0.4 is 9.64 Å². The molecule has 1 aromatic rings. The van der Waals surface area contributed by atoms with Gasteiger partial charge in [0.2, 0.25) is 0 Å². The maximum Gasteiger partial charge on any atom is 0.410 e. The minimum atomic E-state index is -0.947. The first-order chi connectivity index (χ1) is 13.7. The summed E-state index contributed by atoms with van der Waals surface area (Å²) in [6.07, 6.45) is 1.20. The third-order valence-electron chi connectivity index (χ3n) is 4.93. The summed E-state index contributed by atoms with van der Waals surface area (Å²) in [6.45, 7) is 8.13. The van der Waals surface area contributed by atoms with Gasteiger partial charge in [-0.25, -0.2) is 9.59 Å². The molecule has 3 rings (SSSR count). The number of ether oxygens (including phenoxy) is 3. The summed E-state index contributed by atoms with van der Waals surface area (Å²) in [6, 6.07) is 7.94. The molecule has 2 fully saturated rings. The van der Waals surface area contributed by atoms with Crippen molar-refractivity contribution in [3.63, 3.8) is 0 Å². The number of aliphatic carboxylic acids is 1. The zero-order valence-electron chi connectivity index (χ0n) is 17.3. The molecule has 2 aliphatic rings. The first-order valence-electron chi connectivity index (χ1n) is 10.0. The number of rotatable bonds is 6. The van der Waals surface area contributed by atoms with Crippen molar-refractivity contribution in [3.05, 3.63) is 24.3 Å². The summed E-state index contributed by atoms with van der Waals surface area (Å²) in [4.78, 5) is 26.7. The highest BCUT2D eigenvalue weighted by atomic mass is 16.6. The molecule has 0 bridgehead atoms. The summed E-state index contributed by atoms with van der Waals surface area (Å²) in [5.74, 6) is -0.153. The molecule has 1 N–H and O–H groups in total. The van der Waals surface area contributed by atoms with Crippen molar-refractivity contribution < 1.29 is 28.9 Å². The number of piperazine rings is 1. The van der Waals surface area contributed by atoms with E-state index in [1.54, 1.807) is 4.90 Å². The van der Waals surface area contributed by atoms with Crippen LogP contribution in [-0.2, 0) is 14.3 Å². The Morgan fingerprint density at radius 3 is 2.21 bits per heavy atom. The van der Waals surface area contributed by atoms with Crippen molar-refractivity contribution in [3.8, 4) is 5.75 Å². The van der Waals surface area contributed by atoms with Crippen LogP contribution in [0.2, 0.25) is 0 Å². The topological polar surface area (TPSA) is 88.5 Å². The Hall–Kier alpha value is -2.48. The Balaban J connectivity index is 1.41. The largest absolute Gasteiger partial charge is 0.490 e. The van der Waals surface area contributed by atoms with Gasteiger partial charge in [0.05, 0.1) is 6.10 Å². The maximum atomic E-state index is 12.2. The molecule has 0 aromatic heterocycles. The molecule has 0 spiro atoms. The minimum absolute atomic E-state index is 0.0309. The Morgan fingerprint density at radius 1 is 1.03 bits per heavy atom. The second kappa shape index (κ2) is 8.90. The first-order valence-corrected chi connectivity index (χ1v) is 10.0. The minimum Gasteiger partial charge on any atom is -0.490 e. The number of hydrogen-bond donors (Lipinski definition) is 1. The molecule has 0 radical (unpaired) electrons. The molecular weight excluding hydrogens is 376 g/mol. The number of carbonyl (C=O) groups excluding carboxylic acids is 1. The Bertz CT molecular complexity index is 701. The van der Waals surface area contributed by atoms with Crippen LogP contribution in [0, 0.1) is 0 Å². The molecule has 8 nitrogen and oxygen atoms in total.